The summed E-state index contributed by atoms with van der Waals surface area (Å²) in [7, 11) is 0. The second kappa shape index (κ2) is 9.55. The minimum Gasteiger partial charge on any atom is -0.494 e. The van der Waals surface area contributed by atoms with E-state index in [1.165, 1.54) is 0 Å². The van der Waals surface area contributed by atoms with Crippen LogP contribution < -0.4 is 15.6 Å². The number of hydrogen-bond donors (Lipinski definition) is 2. The lowest BCUT2D eigenvalue weighted by Crippen LogP contribution is -2.42. The van der Waals surface area contributed by atoms with E-state index in [1.807, 2.05) is 42.5 Å². The molecule has 28 heavy (non-hydrogen) atoms. The van der Waals surface area contributed by atoms with Crippen LogP contribution in [0.3, 0.4) is 0 Å². The molecule has 0 aliphatic heterocycles. The van der Waals surface area contributed by atoms with E-state index in [0.717, 1.165) is 34.9 Å². The third kappa shape index (κ3) is 5.10. The molecule has 3 rings (SSSR count). The fraction of sp³-hybridized carbons (Fsp3) is 0.217. The van der Waals surface area contributed by atoms with Gasteiger partial charge in [-0.15, -0.1) is 0 Å². The first kappa shape index (κ1) is 19.4. The number of ether oxygens (including phenoxy) is 1. The van der Waals surface area contributed by atoms with Gasteiger partial charge in [0.15, 0.2) is 0 Å². The number of fused-ring (bicyclic) bond motifs is 1. The first-order chi connectivity index (χ1) is 13.7. The van der Waals surface area contributed by atoms with E-state index in [2.05, 4.69) is 17.8 Å². The van der Waals surface area contributed by atoms with Crippen molar-refractivity contribution in [3.8, 4) is 5.75 Å². The van der Waals surface area contributed by atoms with Crippen LogP contribution >= 0.6 is 0 Å². The monoisotopic (exact) mass is 376 g/mol. The second-order valence-corrected chi connectivity index (χ2v) is 6.54. The topological polar surface area (TPSA) is 67.4 Å². The Balaban J connectivity index is 1.53. The van der Waals surface area contributed by atoms with Gasteiger partial charge < -0.3 is 4.74 Å². The van der Waals surface area contributed by atoms with Gasteiger partial charge in [0.2, 0.25) is 5.91 Å². The van der Waals surface area contributed by atoms with Crippen molar-refractivity contribution in [2.24, 2.45) is 0 Å². The Labute approximate surface area is 164 Å². The van der Waals surface area contributed by atoms with E-state index in [9.17, 15) is 9.59 Å². The highest BCUT2D eigenvalue weighted by Crippen LogP contribution is 2.18. The minimum atomic E-state index is -0.369. The maximum atomic E-state index is 12.2. The summed E-state index contributed by atoms with van der Waals surface area (Å²) in [6, 6.07) is 20.6. The summed E-state index contributed by atoms with van der Waals surface area (Å²) in [5.41, 5.74) is 6.31. The third-order valence-electron chi connectivity index (χ3n) is 4.43. The van der Waals surface area contributed by atoms with Gasteiger partial charge in [-0.1, -0.05) is 55.8 Å². The molecular weight excluding hydrogens is 352 g/mol. The number of carbonyl (C=O) groups excluding carboxylic acids is 2. The maximum Gasteiger partial charge on any atom is 0.269 e. The van der Waals surface area contributed by atoms with E-state index >= 15 is 0 Å². The summed E-state index contributed by atoms with van der Waals surface area (Å²) in [5, 5.41) is 2.11. The van der Waals surface area contributed by atoms with Crippen LogP contribution in [0.25, 0.3) is 10.8 Å². The number of hydrogen-bond acceptors (Lipinski definition) is 3. The molecule has 5 heteroatoms. The van der Waals surface area contributed by atoms with Crippen LogP contribution in [0.15, 0.2) is 66.7 Å². The minimum absolute atomic E-state index is 0.186. The van der Waals surface area contributed by atoms with Crippen LogP contribution in [-0.4, -0.2) is 18.4 Å². The molecule has 0 heterocycles. The van der Waals surface area contributed by atoms with Gasteiger partial charge in [-0.25, -0.2) is 0 Å². The SMILES string of the molecule is CCCCOc1ccc(C(=O)NNC(=O)Cc2cccc3ccccc23)cc1. The van der Waals surface area contributed by atoms with E-state index in [1.54, 1.807) is 24.3 Å². The normalized spacial score (nSPS) is 10.5. The molecule has 2 N–H and O–H groups in total. The van der Waals surface area contributed by atoms with Crippen molar-refractivity contribution < 1.29 is 14.3 Å². The highest BCUT2D eigenvalue weighted by Gasteiger charge is 2.10. The number of nitrogens with one attached hydrogen (secondary N) is 2. The molecule has 0 fully saturated rings. The molecule has 3 aromatic carbocycles. The molecule has 5 nitrogen and oxygen atoms in total. The van der Waals surface area contributed by atoms with E-state index in [0.29, 0.717) is 12.2 Å². The summed E-state index contributed by atoms with van der Waals surface area (Å²) in [4.78, 5) is 24.5. The Bertz CT molecular complexity index is 946. The molecule has 0 unspecified atom stereocenters. The zero-order valence-corrected chi connectivity index (χ0v) is 15.9. The molecule has 0 bridgehead atoms. The fourth-order valence-corrected chi connectivity index (χ4v) is 2.90. The molecule has 2 amide bonds. The molecule has 0 saturated carbocycles. The number of benzene rings is 3. The van der Waals surface area contributed by atoms with Crippen molar-refractivity contribution >= 4 is 22.6 Å². The van der Waals surface area contributed by atoms with Gasteiger partial charge in [-0.2, -0.15) is 0 Å². The van der Waals surface area contributed by atoms with Crippen LogP contribution in [0.5, 0.6) is 5.75 Å². The van der Waals surface area contributed by atoms with Crippen LogP contribution in [0, 0.1) is 0 Å². The molecule has 3 aromatic rings. The van der Waals surface area contributed by atoms with Crippen molar-refractivity contribution in [2.75, 3.05) is 6.61 Å². The second-order valence-electron chi connectivity index (χ2n) is 6.54. The van der Waals surface area contributed by atoms with Crippen molar-refractivity contribution in [1.29, 1.82) is 0 Å². The number of unbranched alkanes of at least 4 members (excludes halogenated alkanes) is 1. The Hall–Kier alpha value is -3.34. The smallest absolute Gasteiger partial charge is 0.269 e. The lowest BCUT2D eigenvalue weighted by atomic mass is 10.0. The van der Waals surface area contributed by atoms with Crippen LogP contribution in [0.2, 0.25) is 0 Å². The molecular formula is C23H24N2O3. The highest BCUT2D eigenvalue weighted by molar-refractivity contribution is 5.96. The first-order valence-corrected chi connectivity index (χ1v) is 9.46. The van der Waals surface area contributed by atoms with Crippen molar-refractivity contribution in [1.82, 2.24) is 10.9 Å². The summed E-state index contributed by atoms with van der Waals surface area (Å²) in [6.45, 7) is 2.76. The Morgan fingerprint density at radius 3 is 2.43 bits per heavy atom. The third-order valence-corrected chi connectivity index (χ3v) is 4.43. The molecule has 0 aromatic heterocycles. The molecule has 0 saturated heterocycles. The van der Waals surface area contributed by atoms with Crippen LogP contribution in [-0.2, 0) is 11.2 Å². The molecule has 0 aliphatic carbocycles. The highest BCUT2D eigenvalue weighted by atomic mass is 16.5. The summed E-state index contributed by atoms with van der Waals surface area (Å²) in [5.74, 6) is 0.0839. The maximum absolute atomic E-state index is 12.2. The number of rotatable bonds is 7. The van der Waals surface area contributed by atoms with Gasteiger partial charge in [-0.05, 0) is 47.0 Å². The zero-order chi connectivity index (χ0) is 19.8. The van der Waals surface area contributed by atoms with Gasteiger partial charge in [-0.3, -0.25) is 20.4 Å². The van der Waals surface area contributed by atoms with Gasteiger partial charge in [0.25, 0.3) is 5.91 Å². The zero-order valence-electron chi connectivity index (χ0n) is 15.9. The Morgan fingerprint density at radius 2 is 1.64 bits per heavy atom. The molecule has 0 atom stereocenters. The van der Waals surface area contributed by atoms with Gasteiger partial charge in [0.05, 0.1) is 13.0 Å². The number of carbonyl (C=O) groups is 2. The van der Waals surface area contributed by atoms with E-state index < -0.39 is 0 Å². The van der Waals surface area contributed by atoms with Crippen molar-refractivity contribution in [2.45, 2.75) is 26.2 Å². The van der Waals surface area contributed by atoms with Crippen molar-refractivity contribution in [3.63, 3.8) is 0 Å². The lowest BCUT2D eigenvalue weighted by Gasteiger charge is -2.10. The van der Waals surface area contributed by atoms with Gasteiger partial charge >= 0.3 is 0 Å². The van der Waals surface area contributed by atoms with E-state index in [-0.39, 0.29) is 18.2 Å². The fourth-order valence-electron chi connectivity index (χ4n) is 2.90. The number of hydrazine groups is 1. The average Bonchev–Trinajstić information content (AvgIpc) is 2.73. The number of amides is 2. The van der Waals surface area contributed by atoms with Gasteiger partial charge in [0.1, 0.15) is 5.75 Å². The Kier molecular flexibility index (Phi) is 6.63. The standard InChI is InChI=1S/C23H24N2O3/c1-2-3-15-28-20-13-11-18(12-14-20)23(27)25-24-22(26)16-19-9-6-8-17-7-4-5-10-21(17)19/h4-14H,2-3,15-16H2,1H3,(H,24,26)(H,25,27). The molecule has 0 spiro atoms. The van der Waals surface area contributed by atoms with Gasteiger partial charge in [0, 0.05) is 5.56 Å². The van der Waals surface area contributed by atoms with Crippen molar-refractivity contribution in [3.05, 3.63) is 77.9 Å². The largest absolute Gasteiger partial charge is 0.494 e. The lowest BCUT2D eigenvalue weighted by molar-refractivity contribution is -0.121. The summed E-state index contributed by atoms with van der Waals surface area (Å²) < 4.78 is 5.58. The Morgan fingerprint density at radius 1 is 0.893 bits per heavy atom. The average molecular weight is 376 g/mol. The predicted octanol–water partition coefficient (Wildman–Crippen LogP) is 4.02. The molecule has 0 radical (unpaired) electrons. The summed E-state index contributed by atoms with van der Waals surface area (Å²) >= 11 is 0. The predicted molar refractivity (Wildman–Crippen MR) is 110 cm³/mol. The van der Waals surface area contributed by atoms with Crippen LogP contribution in [0.1, 0.15) is 35.7 Å². The van der Waals surface area contributed by atoms with Crippen LogP contribution in [0.4, 0.5) is 0 Å². The van der Waals surface area contributed by atoms with E-state index in [4.69, 9.17) is 4.74 Å². The quantitative estimate of drug-likeness (QED) is 0.483. The first-order valence-electron chi connectivity index (χ1n) is 9.46. The summed E-state index contributed by atoms with van der Waals surface area (Å²) in [6.07, 6.45) is 2.25. The molecule has 144 valence electrons. The molecule has 0 aliphatic rings.